The first-order chi connectivity index (χ1) is 11.8. The highest BCUT2D eigenvalue weighted by molar-refractivity contribution is 5.89. The number of ketones is 1. The first-order valence-corrected chi connectivity index (χ1v) is 9.28. The number of hydrogen-bond donors (Lipinski definition) is 0. The fraction of sp³-hybridized carbons (Fsp3) is 0.591. The number of fused-ring (bicyclic) bond motifs is 2. The smallest absolute Gasteiger partial charge is 0.164 e. The molecule has 0 amide bonds. The van der Waals surface area contributed by atoms with E-state index in [0.29, 0.717) is 18.1 Å². The monoisotopic (exact) mass is 342 g/mol. The molecule has 25 heavy (non-hydrogen) atoms. The summed E-state index contributed by atoms with van der Waals surface area (Å²) >= 11 is 0. The maximum atomic E-state index is 13.1. The Labute approximate surface area is 151 Å². The molecular weight excluding hydrogens is 312 g/mol. The molecule has 1 atom stereocenters. The number of carbonyl (C=O) groups is 1. The maximum Gasteiger partial charge on any atom is 0.164 e. The molecule has 136 valence electrons. The van der Waals surface area contributed by atoms with Gasteiger partial charge in [-0.1, -0.05) is 45.4 Å². The summed E-state index contributed by atoms with van der Waals surface area (Å²) in [6, 6.07) is 2.17. The van der Waals surface area contributed by atoms with Crippen LogP contribution in [0.4, 0.5) is 0 Å². The number of ether oxygens (including phenoxy) is 2. The molecule has 1 unspecified atom stereocenters. The van der Waals surface area contributed by atoms with Crippen molar-refractivity contribution in [1.29, 1.82) is 0 Å². The lowest BCUT2D eigenvalue weighted by atomic mass is 9.66. The standard InChI is InChI=1S/C22H30O3/c1-13(2)16-11-15-12-18(23)19-14(8-7-9-22(19,3)4)10-17(15)21(25-6)20(16)24-5/h8,11,13,19H,7,9-10,12H2,1-6H3. The maximum absolute atomic E-state index is 13.1. The highest BCUT2D eigenvalue weighted by Gasteiger charge is 2.41. The number of methoxy groups -OCH3 is 2. The molecule has 3 rings (SSSR count). The second kappa shape index (κ2) is 6.51. The second-order valence-corrected chi connectivity index (χ2v) is 8.38. The lowest BCUT2D eigenvalue weighted by Gasteiger charge is -2.37. The van der Waals surface area contributed by atoms with E-state index in [-0.39, 0.29) is 11.3 Å². The molecule has 0 radical (unpaired) electrons. The van der Waals surface area contributed by atoms with E-state index in [4.69, 9.17) is 9.47 Å². The first-order valence-electron chi connectivity index (χ1n) is 9.28. The molecule has 0 saturated heterocycles. The zero-order chi connectivity index (χ0) is 18.4. The first kappa shape index (κ1) is 18.0. The van der Waals surface area contributed by atoms with Crippen molar-refractivity contribution in [3.8, 4) is 11.5 Å². The summed E-state index contributed by atoms with van der Waals surface area (Å²) in [5.41, 5.74) is 4.64. The van der Waals surface area contributed by atoms with Crippen molar-refractivity contribution < 1.29 is 14.3 Å². The van der Waals surface area contributed by atoms with Gasteiger partial charge in [-0.05, 0) is 36.2 Å². The summed E-state index contributed by atoms with van der Waals surface area (Å²) in [4.78, 5) is 13.1. The normalized spacial score (nSPS) is 22.0. The van der Waals surface area contributed by atoms with E-state index < -0.39 is 0 Å². The third-order valence-corrected chi connectivity index (χ3v) is 5.91. The van der Waals surface area contributed by atoms with E-state index in [1.165, 1.54) is 5.57 Å². The Hall–Kier alpha value is -1.77. The summed E-state index contributed by atoms with van der Waals surface area (Å²) in [5, 5.41) is 0. The summed E-state index contributed by atoms with van der Waals surface area (Å²) in [5.74, 6) is 2.30. The van der Waals surface area contributed by atoms with Crippen molar-refractivity contribution in [2.24, 2.45) is 11.3 Å². The minimum Gasteiger partial charge on any atom is -0.493 e. The average molecular weight is 342 g/mol. The van der Waals surface area contributed by atoms with E-state index in [9.17, 15) is 4.79 Å². The Bertz CT molecular complexity index is 725. The molecule has 3 nitrogen and oxygen atoms in total. The molecule has 0 N–H and O–H groups in total. The summed E-state index contributed by atoms with van der Waals surface area (Å²) in [7, 11) is 3.40. The summed E-state index contributed by atoms with van der Waals surface area (Å²) < 4.78 is 11.5. The van der Waals surface area contributed by atoms with Gasteiger partial charge in [0.25, 0.3) is 0 Å². The highest BCUT2D eigenvalue weighted by Crippen LogP contribution is 2.48. The van der Waals surface area contributed by atoms with Crippen LogP contribution < -0.4 is 9.47 Å². The molecule has 0 heterocycles. The van der Waals surface area contributed by atoms with Gasteiger partial charge in [-0.25, -0.2) is 0 Å². The van der Waals surface area contributed by atoms with Crippen LogP contribution in [0.15, 0.2) is 17.7 Å². The molecule has 3 heteroatoms. The van der Waals surface area contributed by atoms with Gasteiger partial charge in [0.15, 0.2) is 11.5 Å². The van der Waals surface area contributed by atoms with Crippen LogP contribution in [0.25, 0.3) is 0 Å². The quantitative estimate of drug-likeness (QED) is 0.736. The molecule has 0 spiro atoms. The van der Waals surface area contributed by atoms with Crippen LogP contribution in [0, 0.1) is 11.3 Å². The van der Waals surface area contributed by atoms with Crippen LogP contribution in [0.1, 0.15) is 63.1 Å². The van der Waals surface area contributed by atoms with Gasteiger partial charge in [-0.3, -0.25) is 4.79 Å². The van der Waals surface area contributed by atoms with Crippen LogP contribution in [0.5, 0.6) is 11.5 Å². The predicted octanol–water partition coefficient (Wildman–Crippen LogP) is 4.86. The van der Waals surface area contributed by atoms with E-state index in [0.717, 1.165) is 47.5 Å². The van der Waals surface area contributed by atoms with Gasteiger partial charge in [0, 0.05) is 23.5 Å². The van der Waals surface area contributed by atoms with Crippen LogP contribution in [-0.4, -0.2) is 20.0 Å². The summed E-state index contributed by atoms with van der Waals surface area (Å²) in [6.07, 6.45) is 5.67. The van der Waals surface area contributed by atoms with Crippen molar-refractivity contribution in [3.63, 3.8) is 0 Å². The van der Waals surface area contributed by atoms with Crippen LogP contribution in [-0.2, 0) is 17.6 Å². The van der Waals surface area contributed by atoms with Crippen LogP contribution in [0.3, 0.4) is 0 Å². The number of Topliss-reactive ketones (excluding diaryl/α,β-unsaturated/α-hetero) is 1. The third kappa shape index (κ3) is 2.98. The van der Waals surface area contributed by atoms with Crippen molar-refractivity contribution in [2.45, 2.75) is 59.3 Å². The van der Waals surface area contributed by atoms with Gasteiger partial charge in [-0.2, -0.15) is 0 Å². The fourth-order valence-electron chi connectivity index (χ4n) is 4.67. The Balaban J connectivity index is 2.20. The Morgan fingerprint density at radius 3 is 2.40 bits per heavy atom. The molecule has 0 aliphatic heterocycles. The summed E-state index contributed by atoms with van der Waals surface area (Å²) in [6.45, 7) is 8.76. The number of rotatable bonds is 3. The molecule has 2 aliphatic carbocycles. The van der Waals surface area contributed by atoms with Gasteiger partial charge in [0.05, 0.1) is 14.2 Å². The average Bonchev–Trinajstić information content (AvgIpc) is 2.68. The SMILES string of the molecule is COc1c(C(C)C)cc2c(c1OC)CC1=CCCC(C)(C)C1C(=O)C2. The molecule has 0 fully saturated rings. The van der Waals surface area contributed by atoms with Crippen LogP contribution in [0.2, 0.25) is 0 Å². The van der Waals surface area contributed by atoms with Crippen molar-refractivity contribution in [3.05, 3.63) is 34.4 Å². The van der Waals surface area contributed by atoms with Gasteiger partial charge in [0.2, 0.25) is 0 Å². The largest absolute Gasteiger partial charge is 0.493 e. The molecule has 0 saturated carbocycles. The van der Waals surface area contributed by atoms with Crippen LogP contribution >= 0.6 is 0 Å². The molecule has 0 aromatic heterocycles. The Kier molecular flexibility index (Phi) is 4.70. The lowest BCUT2D eigenvalue weighted by molar-refractivity contribution is -0.124. The van der Waals surface area contributed by atoms with E-state index in [1.807, 2.05) is 0 Å². The van der Waals surface area contributed by atoms with Gasteiger partial charge >= 0.3 is 0 Å². The number of allylic oxidation sites excluding steroid dienone is 2. The van der Waals surface area contributed by atoms with Crippen molar-refractivity contribution in [1.82, 2.24) is 0 Å². The van der Waals surface area contributed by atoms with Gasteiger partial charge in [0.1, 0.15) is 5.78 Å². The predicted molar refractivity (Wildman–Crippen MR) is 101 cm³/mol. The number of benzene rings is 1. The number of hydrogen-bond acceptors (Lipinski definition) is 3. The zero-order valence-corrected chi connectivity index (χ0v) is 16.4. The topological polar surface area (TPSA) is 35.5 Å². The lowest BCUT2D eigenvalue weighted by Crippen LogP contribution is -2.35. The minimum absolute atomic E-state index is 0.0202. The molecule has 1 aromatic carbocycles. The van der Waals surface area contributed by atoms with Gasteiger partial charge < -0.3 is 9.47 Å². The highest BCUT2D eigenvalue weighted by atomic mass is 16.5. The fourth-order valence-corrected chi connectivity index (χ4v) is 4.67. The van der Waals surface area contributed by atoms with E-state index in [1.54, 1.807) is 14.2 Å². The van der Waals surface area contributed by atoms with E-state index >= 15 is 0 Å². The molecule has 1 aromatic rings. The van der Waals surface area contributed by atoms with Crippen molar-refractivity contribution >= 4 is 5.78 Å². The van der Waals surface area contributed by atoms with E-state index in [2.05, 4.69) is 39.8 Å². The van der Waals surface area contributed by atoms with Crippen molar-refractivity contribution in [2.75, 3.05) is 14.2 Å². The minimum atomic E-state index is 0.0202. The number of carbonyl (C=O) groups excluding carboxylic acids is 1. The molecule has 2 aliphatic rings. The second-order valence-electron chi connectivity index (χ2n) is 8.38. The van der Waals surface area contributed by atoms with Gasteiger partial charge in [-0.15, -0.1) is 0 Å². The third-order valence-electron chi connectivity index (χ3n) is 5.91. The molecule has 0 bridgehead atoms. The Morgan fingerprint density at radius 1 is 1.12 bits per heavy atom. The zero-order valence-electron chi connectivity index (χ0n) is 16.4. The molecular formula is C22H30O3. The Morgan fingerprint density at radius 2 is 1.80 bits per heavy atom.